The Balaban J connectivity index is 2.17. The summed E-state index contributed by atoms with van der Waals surface area (Å²) in [5.74, 6) is 0. The maximum atomic E-state index is 10.1. The van der Waals surface area contributed by atoms with E-state index in [2.05, 4.69) is 15.9 Å². The molecule has 0 aliphatic carbocycles. The molecule has 0 radical (unpaired) electrons. The molecule has 0 aliphatic rings. The number of aliphatic hydroxyl groups excluding tert-OH is 1. The molecule has 0 aliphatic heterocycles. The van der Waals surface area contributed by atoms with E-state index in [1.165, 1.54) is 0 Å². The van der Waals surface area contributed by atoms with E-state index >= 15 is 0 Å². The van der Waals surface area contributed by atoms with Crippen LogP contribution in [0.3, 0.4) is 0 Å². The smallest absolute Gasteiger partial charge is 0.0845 e. The minimum atomic E-state index is -0.546. The van der Waals surface area contributed by atoms with Crippen molar-refractivity contribution in [3.05, 3.63) is 55.6 Å². The average molecular weight is 318 g/mol. The lowest BCUT2D eigenvalue weighted by atomic mass is 10.0. The molecule has 4 heteroatoms. The van der Waals surface area contributed by atoms with Gasteiger partial charge in [0.25, 0.3) is 0 Å². The molecule has 16 heavy (non-hydrogen) atoms. The fraction of sp³-hybridized carbons (Fsp3) is 0.167. The molecule has 0 saturated carbocycles. The fourth-order valence-corrected chi connectivity index (χ4v) is 2.99. The topological polar surface area (TPSA) is 20.2 Å². The molecule has 0 saturated heterocycles. The number of halogens is 2. The van der Waals surface area contributed by atoms with Gasteiger partial charge in [0.1, 0.15) is 0 Å². The average Bonchev–Trinajstić information content (AvgIpc) is 2.70. The molecule has 0 spiro atoms. The zero-order chi connectivity index (χ0) is 11.5. The summed E-state index contributed by atoms with van der Waals surface area (Å²) < 4.78 is 0.920. The standard InChI is InChI=1S/C12H10BrClOS/c13-9-1-2-10(11(14)6-9)12(15)5-8-3-4-16-7-8/h1-4,6-7,12,15H,5H2. The van der Waals surface area contributed by atoms with E-state index in [4.69, 9.17) is 11.6 Å². The summed E-state index contributed by atoms with van der Waals surface area (Å²) in [7, 11) is 0. The Morgan fingerprint density at radius 1 is 1.38 bits per heavy atom. The first-order valence-corrected chi connectivity index (χ1v) is 6.92. The first-order valence-electron chi connectivity index (χ1n) is 4.81. The Bertz CT molecular complexity index is 470. The Hall–Kier alpha value is -0.350. The summed E-state index contributed by atoms with van der Waals surface area (Å²) in [6.45, 7) is 0. The van der Waals surface area contributed by atoms with Crippen molar-refractivity contribution < 1.29 is 5.11 Å². The van der Waals surface area contributed by atoms with Crippen molar-refractivity contribution in [2.45, 2.75) is 12.5 Å². The molecule has 2 rings (SSSR count). The highest BCUT2D eigenvalue weighted by atomic mass is 79.9. The molecule has 0 bridgehead atoms. The first kappa shape index (κ1) is 12.1. The van der Waals surface area contributed by atoms with Crippen molar-refractivity contribution in [3.63, 3.8) is 0 Å². The highest BCUT2D eigenvalue weighted by molar-refractivity contribution is 9.10. The van der Waals surface area contributed by atoms with Crippen LogP contribution in [0.4, 0.5) is 0 Å². The zero-order valence-electron chi connectivity index (χ0n) is 8.36. The molecule has 1 N–H and O–H groups in total. The Morgan fingerprint density at radius 2 is 2.19 bits per heavy atom. The van der Waals surface area contributed by atoms with Crippen molar-refractivity contribution in [1.29, 1.82) is 0 Å². The van der Waals surface area contributed by atoms with Gasteiger partial charge in [-0.1, -0.05) is 33.6 Å². The van der Waals surface area contributed by atoms with Crippen molar-refractivity contribution in [2.24, 2.45) is 0 Å². The van der Waals surface area contributed by atoms with Crippen LogP contribution in [-0.2, 0) is 6.42 Å². The molecule has 1 aromatic heterocycles. The van der Waals surface area contributed by atoms with Crippen LogP contribution in [0.2, 0.25) is 5.02 Å². The summed E-state index contributed by atoms with van der Waals surface area (Å²) >= 11 is 11.1. The van der Waals surface area contributed by atoms with E-state index in [0.717, 1.165) is 15.6 Å². The molecule has 84 valence electrons. The van der Waals surface area contributed by atoms with Gasteiger partial charge in [0, 0.05) is 15.9 Å². The molecule has 1 atom stereocenters. The van der Waals surface area contributed by atoms with Crippen LogP contribution in [0.15, 0.2) is 39.5 Å². The third kappa shape index (κ3) is 2.86. The van der Waals surface area contributed by atoms with E-state index in [1.54, 1.807) is 17.4 Å². The summed E-state index contributed by atoms with van der Waals surface area (Å²) in [4.78, 5) is 0. The van der Waals surface area contributed by atoms with Gasteiger partial charge in [-0.05, 0) is 40.1 Å². The Labute approximate surface area is 112 Å². The van der Waals surface area contributed by atoms with Crippen molar-refractivity contribution in [1.82, 2.24) is 0 Å². The van der Waals surface area contributed by atoms with E-state index in [-0.39, 0.29) is 0 Å². The van der Waals surface area contributed by atoms with Gasteiger partial charge in [0.15, 0.2) is 0 Å². The quantitative estimate of drug-likeness (QED) is 0.887. The molecular weight excluding hydrogens is 308 g/mol. The molecule has 2 aromatic rings. The number of benzene rings is 1. The summed E-state index contributed by atoms with van der Waals surface area (Å²) in [6.07, 6.45) is 0.0559. The summed E-state index contributed by atoms with van der Waals surface area (Å²) in [5, 5.41) is 14.7. The van der Waals surface area contributed by atoms with Gasteiger partial charge in [-0.3, -0.25) is 0 Å². The second-order valence-corrected chi connectivity index (χ2v) is 5.62. The molecule has 1 aromatic carbocycles. The fourth-order valence-electron chi connectivity index (χ4n) is 1.51. The maximum Gasteiger partial charge on any atom is 0.0845 e. The number of aliphatic hydroxyl groups is 1. The summed E-state index contributed by atoms with van der Waals surface area (Å²) in [5.41, 5.74) is 1.91. The van der Waals surface area contributed by atoms with Crippen molar-refractivity contribution in [2.75, 3.05) is 0 Å². The molecule has 0 amide bonds. The molecule has 1 nitrogen and oxygen atoms in total. The van der Waals surface area contributed by atoms with Crippen LogP contribution in [0.1, 0.15) is 17.2 Å². The number of hydrogen-bond acceptors (Lipinski definition) is 2. The second kappa shape index (κ2) is 5.32. The lowest BCUT2D eigenvalue weighted by molar-refractivity contribution is 0.178. The second-order valence-electron chi connectivity index (χ2n) is 3.52. The van der Waals surface area contributed by atoms with Gasteiger partial charge >= 0.3 is 0 Å². The molecule has 0 fully saturated rings. The predicted molar refractivity (Wildman–Crippen MR) is 72.1 cm³/mol. The van der Waals surface area contributed by atoms with Crippen LogP contribution < -0.4 is 0 Å². The normalized spacial score (nSPS) is 12.7. The van der Waals surface area contributed by atoms with E-state index in [9.17, 15) is 5.11 Å². The van der Waals surface area contributed by atoms with Gasteiger partial charge in [-0.2, -0.15) is 11.3 Å². The van der Waals surface area contributed by atoms with E-state index in [0.29, 0.717) is 11.4 Å². The third-order valence-corrected chi connectivity index (χ3v) is 3.88. The van der Waals surface area contributed by atoms with Gasteiger partial charge in [0.05, 0.1) is 6.10 Å². The van der Waals surface area contributed by atoms with Gasteiger partial charge in [-0.15, -0.1) is 0 Å². The van der Waals surface area contributed by atoms with Crippen LogP contribution in [0.5, 0.6) is 0 Å². The predicted octanol–water partition coefficient (Wildman–Crippen LogP) is 4.44. The lowest BCUT2D eigenvalue weighted by Crippen LogP contribution is -2.01. The minimum absolute atomic E-state index is 0.546. The van der Waals surface area contributed by atoms with Crippen LogP contribution in [0, 0.1) is 0 Å². The van der Waals surface area contributed by atoms with Crippen molar-refractivity contribution >= 4 is 38.9 Å². The van der Waals surface area contributed by atoms with E-state index in [1.807, 2.05) is 29.0 Å². The number of thiophene rings is 1. The largest absolute Gasteiger partial charge is 0.388 e. The third-order valence-electron chi connectivity index (χ3n) is 2.33. The molecule has 1 heterocycles. The maximum absolute atomic E-state index is 10.1. The number of hydrogen-bond donors (Lipinski definition) is 1. The van der Waals surface area contributed by atoms with Crippen molar-refractivity contribution in [3.8, 4) is 0 Å². The first-order chi connectivity index (χ1) is 7.66. The van der Waals surface area contributed by atoms with Crippen LogP contribution in [0.25, 0.3) is 0 Å². The summed E-state index contributed by atoms with van der Waals surface area (Å²) in [6, 6.07) is 7.55. The monoisotopic (exact) mass is 316 g/mol. The molecular formula is C12H10BrClOS. The molecule has 1 unspecified atom stereocenters. The highest BCUT2D eigenvalue weighted by Crippen LogP contribution is 2.28. The Kier molecular flexibility index (Phi) is 4.03. The minimum Gasteiger partial charge on any atom is -0.388 e. The highest BCUT2D eigenvalue weighted by Gasteiger charge is 2.12. The van der Waals surface area contributed by atoms with Gasteiger partial charge in [-0.25, -0.2) is 0 Å². The lowest BCUT2D eigenvalue weighted by Gasteiger charge is -2.12. The van der Waals surface area contributed by atoms with E-state index < -0.39 is 6.10 Å². The number of rotatable bonds is 3. The van der Waals surface area contributed by atoms with Crippen LogP contribution >= 0.6 is 38.9 Å². The Morgan fingerprint density at radius 3 is 2.81 bits per heavy atom. The van der Waals surface area contributed by atoms with Gasteiger partial charge < -0.3 is 5.11 Å². The van der Waals surface area contributed by atoms with Gasteiger partial charge in [0.2, 0.25) is 0 Å². The zero-order valence-corrected chi connectivity index (χ0v) is 11.5. The SMILES string of the molecule is OC(Cc1ccsc1)c1ccc(Br)cc1Cl. The van der Waals surface area contributed by atoms with Crippen LogP contribution in [-0.4, -0.2) is 5.11 Å².